The molecule has 5 nitrogen and oxygen atoms in total. The fraction of sp³-hybridized carbons (Fsp3) is 0.0952. The van der Waals surface area contributed by atoms with E-state index in [1.54, 1.807) is 22.3 Å². The second kappa shape index (κ2) is 7.74. The minimum atomic E-state index is -0.304. The summed E-state index contributed by atoms with van der Waals surface area (Å²) in [6.45, 7) is 2.11. The van der Waals surface area contributed by atoms with Gasteiger partial charge in [0.2, 0.25) is 0 Å². The number of thiazole rings is 1. The molecule has 0 aliphatic heterocycles. The fourth-order valence-corrected chi connectivity index (χ4v) is 3.60. The summed E-state index contributed by atoms with van der Waals surface area (Å²) in [6.07, 6.45) is 1.88. The van der Waals surface area contributed by atoms with Crippen molar-refractivity contribution in [2.75, 3.05) is 0 Å². The number of amides is 1. The average Bonchev–Trinajstić information content (AvgIpc) is 3.34. The van der Waals surface area contributed by atoms with Gasteiger partial charge < -0.3 is 5.32 Å². The van der Waals surface area contributed by atoms with Crippen LogP contribution >= 0.6 is 11.3 Å². The van der Waals surface area contributed by atoms with Gasteiger partial charge in [-0.15, -0.1) is 11.3 Å². The van der Waals surface area contributed by atoms with Crippen LogP contribution < -0.4 is 5.32 Å². The second-order valence-electron chi connectivity index (χ2n) is 6.24. The number of nitrogens with zero attached hydrogens (tertiary/aromatic N) is 3. The molecule has 0 spiro atoms. The molecule has 7 heteroatoms. The second-order valence-corrected chi connectivity index (χ2v) is 7.09. The quantitative estimate of drug-likeness (QED) is 0.549. The molecular weight excluding hydrogens is 375 g/mol. The summed E-state index contributed by atoms with van der Waals surface area (Å²) in [5.41, 5.74) is 5.59. The molecular formula is C21H17FN4OS. The van der Waals surface area contributed by atoms with Gasteiger partial charge in [-0.1, -0.05) is 18.2 Å². The lowest BCUT2D eigenvalue weighted by Gasteiger charge is -2.05. The first-order valence-electron chi connectivity index (χ1n) is 8.70. The van der Waals surface area contributed by atoms with E-state index in [-0.39, 0.29) is 11.7 Å². The van der Waals surface area contributed by atoms with Crippen molar-refractivity contribution in [3.05, 3.63) is 88.3 Å². The zero-order valence-electron chi connectivity index (χ0n) is 15.1. The third-order valence-electron chi connectivity index (χ3n) is 4.32. The van der Waals surface area contributed by atoms with E-state index in [1.807, 2.05) is 43.5 Å². The number of carbonyl (C=O) groups excluding carboxylic acids is 1. The number of nitrogens with one attached hydrogen (secondary N) is 1. The number of carbonyl (C=O) groups is 1. The standard InChI is InChI=1S/C21H17FN4OS/c1-14-20(28-13-24-14)21(27)23-11-16-12-26(18-5-3-2-4-6-18)25-19(16)15-7-9-17(22)10-8-15/h2-10,12-13H,11H2,1H3,(H,23,27). The van der Waals surface area contributed by atoms with Crippen molar-refractivity contribution in [3.8, 4) is 16.9 Å². The van der Waals surface area contributed by atoms with Gasteiger partial charge in [-0.05, 0) is 43.3 Å². The summed E-state index contributed by atoms with van der Waals surface area (Å²) in [6, 6.07) is 15.9. The molecule has 140 valence electrons. The van der Waals surface area contributed by atoms with Gasteiger partial charge in [0.25, 0.3) is 5.91 Å². The van der Waals surface area contributed by atoms with Crippen LogP contribution in [-0.2, 0) is 6.54 Å². The Morgan fingerprint density at radius 3 is 2.57 bits per heavy atom. The normalized spacial score (nSPS) is 10.8. The molecule has 0 saturated heterocycles. The third kappa shape index (κ3) is 3.70. The Morgan fingerprint density at radius 1 is 1.14 bits per heavy atom. The van der Waals surface area contributed by atoms with Gasteiger partial charge in [0.15, 0.2) is 0 Å². The Morgan fingerprint density at radius 2 is 1.89 bits per heavy atom. The molecule has 2 aromatic heterocycles. The highest BCUT2D eigenvalue weighted by Gasteiger charge is 2.16. The predicted molar refractivity (Wildman–Crippen MR) is 107 cm³/mol. The van der Waals surface area contributed by atoms with E-state index in [0.29, 0.717) is 22.8 Å². The SMILES string of the molecule is Cc1ncsc1C(=O)NCc1cn(-c2ccccc2)nc1-c1ccc(F)cc1. The van der Waals surface area contributed by atoms with E-state index < -0.39 is 0 Å². The van der Waals surface area contributed by atoms with Gasteiger partial charge in [-0.2, -0.15) is 5.10 Å². The number of aryl methyl sites for hydroxylation is 1. The molecule has 0 aliphatic carbocycles. The number of rotatable bonds is 5. The van der Waals surface area contributed by atoms with Crippen molar-refractivity contribution >= 4 is 17.2 Å². The van der Waals surface area contributed by atoms with Crippen molar-refractivity contribution in [2.45, 2.75) is 13.5 Å². The maximum absolute atomic E-state index is 13.3. The zero-order valence-corrected chi connectivity index (χ0v) is 15.9. The monoisotopic (exact) mass is 392 g/mol. The molecule has 2 aromatic carbocycles. The first kappa shape index (κ1) is 18.1. The van der Waals surface area contributed by atoms with Gasteiger partial charge in [-0.3, -0.25) is 4.79 Å². The smallest absolute Gasteiger partial charge is 0.263 e. The Hall–Kier alpha value is -3.32. The van der Waals surface area contributed by atoms with Crippen molar-refractivity contribution in [1.82, 2.24) is 20.1 Å². The van der Waals surface area contributed by atoms with Gasteiger partial charge in [0.1, 0.15) is 10.7 Å². The molecule has 0 bridgehead atoms. The van der Waals surface area contributed by atoms with E-state index in [1.165, 1.54) is 23.5 Å². The van der Waals surface area contributed by atoms with Gasteiger partial charge in [0.05, 0.1) is 22.6 Å². The van der Waals surface area contributed by atoms with Crippen molar-refractivity contribution in [3.63, 3.8) is 0 Å². The van der Waals surface area contributed by atoms with E-state index in [4.69, 9.17) is 0 Å². The first-order chi connectivity index (χ1) is 13.6. The highest BCUT2D eigenvalue weighted by Crippen LogP contribution is 2.24. The molecule has 4 aromatic rings. The van der Waals surface area contributed by atoms with Crippen molar-refractivity contribution in [2.24, 2.45) is 0 Å². The number of aromatic nitrogens is 3. The van der Waals surface area contributed by atoms with Gasteiger partial charge in [-0.25, -0.2) is 14.1 Å². The van der Waals surface area contributed by atoms with Crippen LogP contribution in [0, 0.1) is 12.7 Å². The molecule has 0 atom stereocenters. The summed E-state index contributed by atoms with van der Waals surface area (Å²) < 4.78 is 15.1. The van der Waals surface area contributed by atoms with Gasteiger partial charge >= 0.3 is 0 Å². The number of para-hydroxylation sites is 1. The largest absolute Gasteiger partial charge is 0.347 e. The summed E-state index contributed by atoms with van der Waals surface area (Å²) in [5.74, 6) is -0.473. The number of hydrogen-bond acceptors (Lipinski definition) is 4. The molecule has 1 amide bonds. The molecule has 0 fully saturated rings. The van der Waals surface area contributed by atoms with Crippen LogP contribution in [0.1, 0.15) is 20.9 Å². The van der Waals surface area contributed by atoms with E-state index in [0.717, 1.165) is 16.8 Å². The lowest BCUT2D eigenvalue weighted by atomic mass is 10.1. The minimum Gasteiger partial charge on any atom is -0.347 e. The minimum absolute atomic E-state index is 0.169. The molecule has 0 saturated carbocycles. The summed E-state index contributed by atoms with van der Waals surface area (Å²) in [4.78, 5) is 17.2. The van der Waals surface area contributed by atoms with Crippen LogP contribution in [0.3, 0.4) is 0 Å². The van der Waals surface area contributed by atoms with Crippen molar-refractivity contribution < 1.29 is 9.18 Å². The highest BCUT2D eigenvalue weighted by molar-refractivity contribution is 7.11. The number of hydrogen-bond donors (Lipinski definition) is 1. The van der Waals surface area contributed by atoms with E-state index >= 15 is 0 Å². The first-order valence-corrected chi connectivity index (χ1v) is 9.58. The fourth-order valence-electron chi connectivity index (χ4n) is 2.88. The van der Waals surface area contributed by atoms with Crippen LogP contribution in [0.25, 0.3) is 16.9 Å². The van der Waals surface area contributed by atoms with Crippen LogP contribution in [-0.4, -0.2) is 20.7 Å². The van der Waals surface area contributed by atoms with Crippen molar-refractivity contribution in [1.29, 1.82) is 0 Å². The van der Waals surface area contributed by atoms with Gasteiger partial charge in [0, 0.05) is 23.9 Å². The lowest BCUT2D eigenvalue weighted by molar-refractivity contribution is 0.0954. The lowest BCUT2D eigenvalue weighted by Crippen LogP contribution is -2.22. The molecule has 1 N–H and O–H groups in total. The summed E-state index contributed by atoms with van der Waals surface area (Å²) >= 11 is 1.31. The molecule has 0 unspecified atom stereocenters. The van der Waals surface area contributed by atoms with Crippen LogP contribution in [0.15, 0.2) is 66.3 Å². The third-order valence-corrected chi connectivity index (χ3v) is 5.25. The van der Waals surface area contributed by atoms with Crippen LogP contribution in [0.2, 0.25) is 0 Å². The number of benzene rings is 2. The van der Waals surface area contributed by atoms with Crippen LogP contribution in [0.5, 0.6) is 0 Å². The Balaban J connectivity index is 1.66. The Bertz CT molecular complexity index is 1100. The molecule has 4 rings (SSSR count). The zero-order chi connectivity index (χ0) is 19.5. The molecule has 0 aliphatic rings. The molecule has 28 heavy (non-hydrogen) atoms. The summed E-state index contributed by atoms with van der Waals surface area (Å²) in [7, 11) is 0. The van der Waals surface area contributed by atoms with E-state index in [2.05, 4.69) is 15.4 Å². The Kier molecular flexibility index (Phi) is 4.99. The average molecular weight is 392 g/mol. The van der Waals surface area contributed by atoms with Crippen LogP contribution in [0.4, 0.5) is 4.39 Å². The number of halogens is 1. The maximum Gasteiger partial charge on any atom is 0.263 e. The maximum atomic E-state index is 13.3. The molecule has 0 radical (unpaired) electrons. The highest BCUT2D eigenvalue weighted by atomic mass is 32.1. The van der Waals surface area contributed by atoms with E-state index in [9.17, 15) is 9.18 Å². The Labute approximate surface area is 165 Å². The predicted octanol–water partition coefficient (Wildman–Crippen LogP) is 4.37. The summed E-state index contributed by atoms with van der Waals surface area (Å²) in [5, 5.41) is 7.60. The molecule has 2 heterocycles. The topological polar surface area (TPSA) is 59.8 Å².